The number of hydrogen-bond donors (Lipinski definition) is 2. The molecule has 1 aliphatic carbocycles. The summed E-state index contributed by atoms with van der Waals surface area (Å²) in [5.74, 6) is 0. The smallest absolute Gasteiger partial charge is 0.0733 e. The molecule has 2 aliphatic heterocycles. The Hall–Kier alpha value is -1.32. The highest BCUT2D eigenvalue weighted by Gasteiger charge is 2.42. The molecule has 2 N–H and O–H groups in total. The van der Waals surface area contributed by atoms with Crippen molar-refractivity contribution in [3.63, 3.8) is 0 Å². The molecular weight excluding hydrogens is 272 g/mol. The molecule has 4 unspecified atom stereocenters. The van der Waals surface area contributed by atoms with Gasteiger partial charge in [0.1, 0.15) is 0 Å². The van der Waals surface area contributed by atoms with Gasteiger partial charge < -0.3 is 15.0 Å². The van der Waals surface area contributed by atoms with Crippen molar-refractivity contribution in [3.05, 3.63) is 35.0 Å². The second-order valence-electron chi connectivity index (χ2n) is 7.39. The average Bonchev–Trinajstić information content (AvgIpc) is 3.21. The Balaban J connectivity index is 1.48. The molecule has 1 aromatic heterocycles. The SMILES string of the molecule is Cc1ccc2[nH]c3c(c2c1)CCCC3NC1CC2CCC1O2. The minimum Gasteiger partial charge on any atom is -0.373 e. The van der Waals surface area contributed by atoms with Crippen molar-refractivity contribution < 1.29 is 4.74 Å². The lowest BCUT2D eigenvalue weighted by Crippen LogP contribution is -2.40. The molecule has 3 heteroatoms. The van der Waals surface area contributed by atoms with E-state index in [1.165, 1.54) is 60.7 Å². The molecule has 1 aromatic carbocycles. The van der Waals surface area contributed by atoms with E-state index >= 15 is 0 Å². The predicted molar refractivity (Wildman–Crippen MR) is 88.2 cm³/mol. The van der Waals surface area contributed by atoms with E-state index in [4.69, 9.17) is 4.74 Å². The lowest BCUT2D eigenvalue weighted by atomic mass is 9.89. The van der Waals surface area contributed by atoms with Crippen molar-refractivity contribution >= 4 is 10.9 Å². The molecule has 2 fully saturated rings. The van der Waals surface area contributed by atoms with Gasteiger partial charge in [-0.15, -0.1) is 0 Å². The molecule has 0 saturated carbocycles. The van der Waals surface area contributed by atoms with Gasteiger partial charge in [-0.1, -0.05) is 11.6 Å². The number of nitrogens with one attached hydrogen (secondary N) is 2. The third-order valence-electron chi connectivity index (χ3n) is 5.88. The second-order valence-corrected chi connectivity index (χ2v) is 7.39. The fourth-order valence-corrected chi connectivity index (χ4v) is 4.81. The van der Waals surface area contributed by atoms with Gasteiger partial charge in [0.05, 0.1) is 12.2 Å². The number of benzene rings is 1. The van der Waals surface area contributed by atoms with E-state index in [0.717, 1.165) is 0 Å². The van der Waals surface area contributed by atoms with E-state index in [2.05, 4.69) is 35.4 Å². The highest BCUT2D eigenvalue weighted by Crippen LogP contribution is 2.39. The zero-order valence-electron chi connectivity index (χ0n) is 13.2. The van der Waals surface area contributed by atoms with Crippen LogP contribution in [0.3, 0.4) is 0 Å². The van der Waals surface area contributed by atoms with Crippen LogP contribution in [0.1, 0.15) is 55.0 Å². The van der Waals surface area contributed by atoms with Crippen molar-refractivity contribution in [1.29, 1.82) is 0 Å². The first kappa shape index (κ1) is 13.1. The Labute approximate surface area is 131 Å². The summed E-state index contributed by atoms with van der Waals surface area (Å²) in [5.41, 5.74) is 5.64. The molecule has 3 aliphatic rings. The lowest BCUT2D eigenvalue weighted by Gasteiger charge is -2.29. The maximum atomic E-state index is 6.02. The van der Waals surface area contributed by atoms with Crippen LogP contribution in [-0.4, -0.2) is 23.2 Å². The van der Waals surface area contributed by atoms with Gasteiger partial charge in [-0.3, -0.25) is 0 Å². The van der Waals surface area contributed by atoms with Crippen molar-refractivity contribution in [2.24, 2.45) is 0 Å². The summed E-state index contributed by atoms with van der Waals surface area (Å²) in [5, 5.41) is 5.36. The average molecular weight is 296 g/mol. The van der Waals surface area contributed by atoms with Crippen molar-refractivity contribution in [2.45, 2.75) is 69.7 Å². The summed E-state index contributed by atoms with van der Waals surface area (Å²) in [6.45, 7) is 2.18. The zero-order valence-corrected chi connectivity index (χ0v) is 13.2. The zero-order chi connectivity index (χ0) is 14.7. The largest absolute Gasteiger partial charge is 0.373 e. The second kappa shape index (κ2) is 4.84. The Bertz CT molecular complexity index is 720. The third-order valence-corrected chi connectivity index (χ3v) is 5.88. The van der Waals surface area contributed by atoms with Gasteiger partial charge in [0.25, 0.3) is 0 Å². The number of rotatable bonds is 2. The molecule has 116 valence electrons. The van der Waals surface area contributed by atoms with Crippen molar-refractivity contribution in [2.75, 3.05) is 0 Å². The van der Waals surface area contributed by atoms with Crippen LogP contribution in [0.15, 0.2) is 18.2 Å². The number of aromatic amines is 1. The van der Waals surface area contributed by atoms with E-state index in [1.54, 1.807) is 5.56 Å². The van der Waals surface area contributed by atoms with Crippen LogP contribution in [0.25, 0.3) is 10.9 Å². The van der Waals surface area contributed by atoms with E-state index in [9.17, 15) is 0 Å². The molecule has 2 saturated heterocycles. The van der Waals surface area contributed by atoms with Crippen LogP contribution in [-0.2, 0) is 11.2 Å². The maximum Gasteiger partial charge on any atom is 0.0733 e. The molecule has 5 rings (SSSR count). The number of fused-ring (bicyclic) bond motifs is 5. The lowest BCUT2D eigenvalue weighted by molar-refractivity contribution is 0.0955. The van der Waals surface area contributed by atoms with Gasteiger partial charge in [-0.05, 0) is 63.1 Å². The standard InChI is InChI=1S/C19H24N2O/c1-11-5-7-15-14(9-11)13-3-2-4-16(19(13)21-15)20-17-10-12-6-8-18(17)22-12/h5,7,9,12,16-18,20-21H,2-4,6,8,10H2,1H3. The Kier molecular flexibility index (Phi) is 2.89. The van der Waals surface area contributed by atoms with Gasteiger partial charge in [-0.25, -0.2) is 0 Å². The number of aryl methyl sites for hydroxylation is 2. The Morgan fingerprint density at radius 1 is 1.23 bits per heavy atom. The van der Waals surface area contributed by atoms with E-state index in [-0.39, 0.29) is 0 Å². The van der Waals surface area contributed by atoms with Gasteiger partial charge in [0.2, 0.25) is 0 Å². The number of aromatic nitrogens is 1. The van der Waals surface area contributed by atoms with Crippen LogP contribution in [0.5, 0.6) is 0 Å². The maximum absolute atomic E-state index is 6.02. The van der Waals surface area contributed by atoms with Gasteiger partial charge in [-0.2, -0.15) is 0 Å². The molecule has 3 heterocycles. The summed E-state index contributed by atoms with van der Waals surface area (Å²) < 4.78 is 6.02. The predicted octanol–water partition coefficient (Wildman–Crippen LogP) is 3.76. The Morgan fingerprint density at radius 2 is 2.18 bits per heavy atom. The van der Waals surface area contributed by atoms with Crippen LogP contribution in [0.4, 0.5) is 0 Å². The minimum absolute atomic E-state index is 0.460. The van der Waals surface area contributed by atoms with E-state index in [0.29, 0.717) is 24.3 Å². The van der Waals surface area contributed by atoms with E-state index in [1.807, 2.05) is 0 Å². The highest BCUT2D eigenvalue weighted by atomic mass is 16.5. The summed E-state index contributed by atoms with van der Waals surface area (Å²) in [6, 6.07) is 7.82. The summed E-state index contributed by atoms with van der Waals surface area (Å²) in [4.78, 5) is 3.71. The molecule has 2 bridgehead atoms. The first-order valence-corrected chi connectivity index (χ1v) is 8.80. The summed E-state index contributed by atoms with van der Waals surface area (Å²) in [6.07, 6.45) is 8.44. The Morgan fingerprint density at radius 3 is 3.00 bits per heavy atom. The van der Waals surface area contributed by atoms with E-state index < -0.39 is 0 Å². The van der Waals surface area contributed by atoms with Crippen LogP contribution in [0.2, 0.25) is 0 Å². The molecule has 0 amide bonds. The van der Waals surface area contributed by atoms with Crippen molar-refractivity contribution in [3.8, 4) is 0 Å². The van der Waals surface area contributed by atoms with Crippen molar-refractivity contribution in [1.82, 2.24) is 10.3 Å². The molecule has 4 atom stereocenters. The van der Waals surface area contributed by atoms with Crippen LogP contribution in [0, 0.1) is 6.92 Å². The molecule has 3 nitrogen and oxygen atoms in total. The monoisotopic (exact) mass is 296 g/mol. The summed E-state index contributed by atoms with van der Waals surface area (Å²) in [7, 11) is 0. The third kappa shape index (κ3) is 1.95. The molecule has 22 heavy (non-hydrogen) atoms. The fraction of sp³-hybridized carbons (Fsp3) is 0.579. The van der Waals surface area contributed by atoms with Crippen LogP contribution >= 0.6 is 0 Å². The minimum atomic E-state index is 0.460. The van der Waals surface area contributed by atoms with Gasteiger partial charge in [0.15, 0.2) is 0 Å². The van der Waals surface area contributed by atoms with Gasteiger partial charge in [0, 0.05) is 28.7 Å². The molecule has 2 aromatic rings. The number of hydrogen-bond acceptors (Lipinski definition) is 2. The summed E-state index contributed by atoms with van der Waals surface area (Å²) >= 11 is 0. The number of ether oxygens (including phenoxy) is 1. The fourth-order valence-electron chi connectivity index (χ4n) is 4.81. The highest BCUT2D eigenvalue weighted by molar-refractivity contribution is 5.85. The molecular formula is C19H24N2O. The molecule has 0 spiro atoms. The topological polar surface area (TPSA) is 37.0 Å². The first-order chi connectivity index (χ1) is 10.8. The van der Waals surface area contributed by atoms with Crippen LogP contribution < -0.4 is 5.32 Å². The first-order valence-electron chi connectivity index (χ1n) is 8.80. The number of H-pyrrole nitrogens is 1. The quantitative estimate of drug-likeness (QED) is 0.885. The molecule has 0 radical (unpaired) electrons. The normalized spacial score (nSPS) is 33.5. The van der Waals surface area contributed by atoms with Gasteiger partial charge >= 0.3 is 0 Å².